The zero-order chi connectivity index (χ0) is 19.5. The number of rotatable bonds is 6. The fraction of sp³-hybridized carbons (Fsp3) is 0.136. The van der Waals surface area contributed by atoms with E-state index >= 15 is 0 Å². The lowest BCUT2D eigenvalue weighted by molar-refractivity contribution is 0.630. The van der Waals surface area contributed by atoms with Crippen molar-refractivity contribution in [1.29, 1.82) is 0 Å². The van der Waals surface area contributed by atoms with E-state index in [9.17, 15) is 0 Å². The highest BCUT2D eigenvalue weighted by Crippen LogP contribution is 2.26. The van der Waals surface area contributed by atoms with Crippen LogP contribution in [0.15, 0.2) is 79.5 Å². The van der Waals surface area contributed by atoms with Gasteiger partial charge >= 0.3 is 0 Å². The molecule has 5 rings (SSSR count). The second-order valence-electron chi connectivity index (χ2n) is 6.94. The second-order valence-corrected chi connectivity index (χ2v) is 6.94. The molecule has 1 aromatic carbocycles. The molecule has 0 bridgehead atoms. The number of benzene rings is 1. The first-order chi connectivity index (χ1) is 14.3. The van der Waals surface area contributed by atoms with E-state index < -0.39 is 0 Å². The van der Waals surface area contributed by atoms with E-state index in [0.29, 0.717) is 6.54 Å². The van der Waals surface area contributed by atoms with Gasteiger partial charge in [0.25, 0.3) is 0 Å². The Balaban J connectivity index is 1.38. The predicted octanol–water partition coefficient (Wildman–Crippen LogP) is 3.37. The molecule has 0 atom stereocenters. The van der Waals surface area contributed by atoms with Gasteiger partial charge in [-0.05, 0) is 35.4 Å². The average molecular weight is 381 g/mol. The molecule has 0 aliphatic rings. The van der Waals surface area contributed by atoms with Crippen molar-refractivity contribution in [2.45, 2.75) is 18.9 Å². The minimum atomic E-state index is 0.119. The lowest BCUT2D eigenvalue weighted by Crippen LogP contribution is -2.06. The molecular formula is C22H19N7. The maximum atomic E-state index is 4.61. The molecule has 0 amide bonds. The van der Waals surface area contributed by atoms with Gasteiger partial charge in [0.15, 0.2) is 0 Å². The molecule has 5 aromatic rings. The smallest absolute Gasteiger partial charge is 0.129 e. The second kappa shape index (κ2) is 7.63. The van der Waals surface area contributed by atoms with Crippen LogP contribution in [0.5, 0.6) is 0 Å². The van der Waals surface area contributed by atoms with Crippen molar-refractivity contribution < 1.29 is 0 Å². The summed E-state index contributed by atoms with van der Waals surface area (Å²) in [4.78, 5) is 16.5. The lowest BCUT2D eigenvalue weighted by atomic mass is 9.89. The van der Waals surface area contributed by atoms with Gasteiger partial charge in [0.1, 0.15) is 12.4 Å². The number of H-pyrrole nitrogens is 1. The minimum Gasteiger partial charge on any atom is -0.340 e. The fourth-order valence-corrected chi connectivity index (χ4v) is 3.54. The Hall–Kier alpha value is -3.87. The third kappa shape index (κ3) is 3.75. The van der Waals surface area contributed by atoms with Gasteiger partial charge in [-0.3, -0.25) is 9.97 Å². The van der Waals surface area contributed by atoms with Crippen LogP contribution in [-0.2, 0) is 13.0 Å². The molecule has 0 aliphatic carbocycles. The normalized spacial score (nSPS) is 11.3. The van der Waals surface area contributed by atoms with Crippen LogP contribution in [0, 0.1) is 0 Å². The van der Waals surface area contributed by atoms with Crippen molar-refractivity contribution >= 4 is 11.0 Å². The SMILES string of the molecule is c1cncc(C(Cc2cn(Cc3nc4ccccc4[nH]3)nn2)c2cccnc2)c1. The molecular weight excluding hydrogens is 362 g/mol. The summed E-state index contributed by atoms with van der Waals surface area (Å²) >= 11 is 0. The van der Waals surface area contributed by atoms with E-state index in [0.717, 1.165) is 40.1 Å². The maximum Gasteiger partial charge on any atom is 0.129 e. The van der Waals surface area contributed by atoms with Crippen molar-refractivity contribution in [1.82, 2.24) is 34.9 Å². The highest BCUT2D eigenvalue weighted by Gasteiger charge is 2.17. The van der Waals surface area contributed by atoms with E-state index in [2.05, 4.69) is 42.4 Å². The van der Waals surface area contributed by atoms with Gasteiger partial charge in [-0.2, -0.15) is 0 Å². The van der Waals surface area contributed by atoms with Crippen LogP contribution in [0.2, 0.25) is 0 Å². The Morgan fingerprint density at radius 1 is 0.897 bits per heavy atom. The van der Waals surface area contributed by atoms with Crippen LogP contribution in [0.3, 0.4) is 0 Å². The van der Waals surface area contributed by atoms with Gasteiger partial charge < -0.3 is 4.98 Å². The average Bonchev–Trinajstić information content (AvgIpc) is 3.39. The summed E-state index contributed by atoms with van der Waals surface area (Å²) in [6, 6.07) is 16.1. The summed E-state index contributed by atoms with van der Waals surface area (Å²) in [6.07, 6.45) is 10.1. The molecule has 29 heavy (non-hydrogen) atoms. The van der Waals surface area contributed by atoms with Gasteiger partial charge in [0.05, 0.1) is 16.7 Å². The molecule has 0 saturated carbocycles. The number of nitrogens with one attached hydrogen (secondary N) is 1. The Labute approximate surface area is 167 Å². The van der Waals surface area contributed by atoms with Crippen LogP contribution in [0.4, 0.5) is 0 Å². The number of pyridine rings is 2. The Bertz CT molecular complexity index is 1140. The third-order valence-electron chi connectivity index (χ3n) is 4.92. The largest absolute Gasteiger partial charge is 0.340 e. The monoisotopic (exact) mass is 381 g/mol. The highest BCUT2D eigenvalue weighted by molar-refractivity contribution is 5.74. The van der Waals surface area contributed by atoms with Crippen molar-refractivity contribution in [2.24, 2.45) is 0 Å². The summed E-state index contributed by atoms with van der Waals surface area (Å²) in [5, 5.41) is 8.69. The van der Waals surface area contributed by atoms with E-state index in [4.69, 9.17) is 0 Å². The predicted molar refractivity (Wildman–Crippen MR) is 109 cm³/mol. The third-order valence-corrected chi connectivity index (χ3v) is 4.92. The van der Waals surface area contributed by atoms with Crippen LogP contribution >= 0.6 is 0 Å². The number of fused-ring (bicyclic) bond motifs is 1. The number of imidazole rings is 1. The van der Waals surface area contributed by atoms with Gasteiger partial charge in [-0.15, -0.1) is 5.10 Å². The first-order valence-electron chi connectivity index (χ1n) is 9.47. The van der Waals surface area contributed by atoms with Crippen molar-refractivity contribution in [2.75, 3.05) is 0 Å². The fourth-order valence-electron chi connectivity index (χ4n) is 3.54. The summed E-state index contributed by atoms with van der Waals surface area (Å²) in [5.41, 5.74) is 5.16. The molecule has 4 heterocycles. The zero-order valence-corrected chi connectivity index (χ0v) is 15.7. The van der Waals surface area contributed by atoms with Crippen LogP contribution in [0.1, 0.15) is 28.6 Å². The number of hydrogen-bond acceptors (Lipinski definition) is 5. The molecule has 1 N–H and O–H groups in total. The molecule has 4 aromatic heterocycles. The lowest BCUT2D eigenvalue weighted by Gasteiger charge is -2.15. The number of aromatic nitrogens is 7. The van der Waals surface area contributed by atoms with Crippen molar-refractivity contribution in [3.05, 3.63) is 102 Å². The van der Waals surface area contributed by atoms with E-state index in [1.807, 2.05) is 59.7 Å². The summed E-state index contributed by atoms with van der Waals surface area (Å²) in [6.45, 7) is 0.548. The first kappa shape index (κ1) is 17.2. The van der Waals surface area contributed by atoms with Crippen LogP contribution < -0.4 is 0 Å². The number of para-hydroxylation sites is 2. The molecule has 0 fully saturated rings. The van der Waals surface area contributed by atoms with E-state index in [1.54, 1.807) is 12.4 Å². The minimum absolute atomic E-state index is 0.119. The quantitative estimate of drug-likeness (QED) is 0.487. The highest BCUT2D eigenvalue weighted by atomic mass is 15.4. The number of nitrogens with zero attached hydrogens (tertiary/aromatic N) is 6. The summed E-state index contributed by atoms with van der Waals surface area (Å²) < 4.78 is 1.82. The molecule has 0 radical (unpaired) electrons. The Morgan fingerprint density at radius 2 is 1.66 bits per heavy atom. The van der Waals surface area contributed by atoms with Crippen LogP contribution in [0.25, 0.3) is 11.0 Å². The number of aromatic amines is 1. The first-order valence-corrected chi connectivity index (χ1v) is 9.47. The van der Waals surface area contributed by atoms with Gasteiger partial charge in [-0.1, -0.05) is 29.5 Å². The summed E-state index contributed by atoms with van der Waals surface area (Å²) in [5.74, 6) is 0.979. The van der Waals surface area contributed by atoms with Crippen LogP contribution in [-0.4, -0.2) is 34.9 Å². The summed E-state index contributed by atoms with van der Waals surface area (Å²) in [7, 11) is 0. The van der Waals surface area contributed by atoms with Crippen molar-refractivity contribution in [3.8, 4) is 0 Å². The van der Waals surface area contributed by atoms with E-state index in [-0.39, 0.29) is 5.92 Å². The van der Waals surface area contributed by atoms with Gasteiger partial charge in [0, 0.05) is 43.3 Å². The maximum absolute atomic E-state index is 4.61. The topological polar surface area (TPSA) is 85.2 Å². The van der Waals surface area contributed by atoms with Crippen molar-refractivity contribution in [3.63, 3.8) is 0 Å². The Kier molecular flexibility index (Phi) is 4.54. The molecule has 0 aliphatic heterocycles. The standard InChI is InChI=1S/C22H19N7/c1-2-8-21-20(7-1)25-22(26-21)15-29-14-18(27-28-29)11-19(16-5-3-9-23-12-16)17-6-4-10-24-13-17/h1-10,12-14,19H,11,15H2,(H,25,26). The molecule has 7 heteroatoms. The molecule has 142 valence electrons. The molecule has 0 spiro atoms. The molecule has 0 saturated heterocycles. The number of hydrogen-bond donors (Lipinski definition) is 1. The van der Waals surface area contributed by atoms with Gasteiger partial charge in [-0.25, -0.2) is 9.67 Å². The Morgan fingerprint density at radius 3 is 2.34 bits per heavy atom. The zero-order valence-electron chi connectivity index (χ0n) is 15.7. The van der Waals surface area contributed by atoms with E-state index in [1.165, 1.54) is 0 Å². The molecule has 0 unspecified atom stereocenters. The van der Waals surface area contributed by atoms with Gasteiger partial charge in [0.2, 0.25) is 0 Å². The molecule has 7 nitrogen and oxygen atoms in total.